The normalized spacial score (nSPS) is 24.8. The van der Waals surface area contributed by atoms with E-state index in [9.17, 15) is 4.79 Å². The number of benzene rings is 1. The van der Waals surface area contributed by atoms with Crippen LogP contribution >= 0.6 is 0 Å². The molecule has 0 atom stereocenters. The number of hydrogen-bond acceptors (Lipinski definition) is 4. The van der Waals surface area contributed by atoms with Gasteiger partial charge in [0.2, 0.25) is 5.91 Å². The maximum atomic E-state index is 12.6. The molecule has 25 heavy (non-hydrogen) atoms. The van der Waals surface area contributed by atoms with Crippen molar-refractivity contribution in [2.24, 2.45) is 11.1 Å². The summed E-state index contributed by atoms with van der Waals surface area (Å²) >= 11 is 0. The first kappa shape index (κ1) is 16.9. The maximum Gasteiger partial charge on any atom is 0.224 e. The van der Waals surface area contributed by atoms with Gasteiger partial charge in [-0.1, -0.05) is 17.7 Å². The lowest BCUT2D eigenvalue weighted by Crippen LogP contribution is -2.73. The lowest BCUT2D eigenvalue weighted by molar-refractivity contribution is -0.146. The Morgan fingerprint density at radius 3 is 2.28 bits per heavy atom. The van der Waals surface area contributed by atoms with Crippen molar-refractivity contribution < 1.29 is 4.79 Å². The Balaban J connectivity index is 1.25. The zero-order chi connectivity index (χ0) is 17.7. The number of aryl methyl sites for hydroxylation is 1. The number of nitrogens with zero attached hydrogens (tertiary/aromatic N) is 3. The largest absolute Gasteiger partial charge is 0.370 e. The predicted molar refractivity (Wildman–Crippen MR) is 101 cm³/mol. The Kier molecular flexibility index (Phi) is 4.04. The van der Waals surface area contributed by atoms with Gasteiger partial charge in [0.15, 0.2) is 0 Å². The van der Waals surface area contributed by atoms with Crippen molar-refractivity contribution >= 4 is 11.6 Å². The summed E-state index contributed by atoms with van der Waals surface area (Å²) in [7, 11) is 2.12. The second-order valence-electron chi connectivity index (χ2n) is 8.78. The van der Waals surface area contributed by atoms with Gasteiger partial charge in [-0.05, 0) is 52.0 Å². The van der Waals surface area contributed by atoms with Crippen molar-refractivity contribution in [3.8, 4) is 0 Å². The van der Waals surface area contributed by atoms with E-state index < -0.39 is 0 Å². The first-order chi connectivity index (χ1) is 11.9. The zero-order valence-electron chi connectivity index (χ0n) is 15.5. The van der Waals surface area contributed by atoms with Gasteiger partial charge >= 0.3 is 0 Å². The molecule has 3 heterocycles. The number of hydrogen-bond donors (Lipinski definition) is 1. The molecule has 1 aromatic rings. The summed E-state index contributed by atoms with van der Waals surface area (Å²) in [5.41, 5.74) is 9.11. The molecule has 0 bridgehead atoms. The van der Waals surface area contributed by atoms with Gasteiger partial charge in [-0.25, -0.2) is 0 Å². The van der Waals surface area contributed by atoms with Gasteiger partial charge in [0.25, 0.3) is 0 Å². The number of piperidine rings is 1. The van der Waals surface area contributed by atoms with Crippen LogP contribution in [0.2, 0.25) is 0 Å². The minimum atomic E-state index is -0.292. The summed E-state index contributed by atoms with van der Waals surface area (Å²) < 4.78 is 0. The molecule has 1 amide bonds. The molecule has 0 saturated carbocycles. The number of carbonyl (C=O) groups excluding carboxylic acids is 1. The van der Waals surface area contributed by atoms with E-state index in [1.54, 1.807) is 0 Å². The van der Waals surface area contributed by atoms with Crippen LogP contribution in [0, 0.1) is 12.3 Å². The standard InChI is InChI=1S/C20H30N4O/c1-16-3-5-17(6-4-16)23-12-19(13-23)14-24(15-19)18(25)11-20(21)7-9-22(2)10-8-20/h3-6H,7-15,21H2,1-2H3. The van der Waals surface area contributed by atoms with Crippen LogP contribution in [-0.4, -0.2) is 67.6 Å². The first-order valence-corrected chi connectivity index (χ1v) is 9.43. The van der Waals surface area contributed by atoms with Gasteiger partial charge in [0, 0.05) is 49.2 Å². The van der Waals surface area contributed by atoms with Crippen molar-refractivity contribution in [3.05, 3.63) is 29.8 Å². The maximum absolute atomic E-state index is 12.6. The molecule has 136 valence electrons. The third-order valence-corrected chi connectivity index (χ3v) is 6.34. The third kappa shape index (κ3) is 3.27. The minimum absolute atomic E-state index is 0.256. The molecule has 5 heteroatoms. The summed E-state index contributed by atoms with van der Waals surface area (Å²) in [6, 6.07) is 8.72. The SMILES string of the molecule is Cc1ccc(N2CC3(CN(C(=O)CC4(N)CCN(C)CC4)C3)C2)cc1. The van der Waals surface area contributed by atoms with Crippen LogP contribution in [0.15, 0.2) is 24.3 Å². The molecule has 1 aromatic carbocycles. The lowest BCUT2D eigenvalue weighted by Gasteiger charge is -2.61. The van der Waals surface area contributed by atoms with E-state index in [1.165, 1.54) is 11.3 Å². The topological polar surface area (TPSA) is 52.8 Å². The molecule has 0 radical (unpaired) electrons. The Morgan fingerprint density at radius 2 is 1.68 bits per heavy atom. The van der Waals surface area contributed by atoms with Crippen molar-refractivity contribution in [1.82, 2.24) is 9.80 Å². The monoisotopic (exact) mass is 342 g/mol. The molecule has 0 aromatic heterocycles. The predicted octanol–water partition coefficient (Wildman–Crippen LogP) is 1.46. The molecule has 3 saturated heterocycles. The molecule has 4 rings (SSSR count). The van der Waals surface area contributed by atoms with Crippen LogP contribution in [0.25, 0.3) is 0 Å². The molecule has 2 N–H and O–H groups in total. The van der Waals surface area contributed by atoms with Crippen LogP contribution in [-0.2, 0) is 4.79 Å². The van der Waals surface area contributed by atoms with Gasteiger partial charge in [0.05, 0.1) is 0 Å². The quantitative estimate of drug-likeness (QED) is 0.903. The van der Waals surface area contributed by atoms with Crippen LogP contribution in [0.1, 0.15) is 24.8 Å². The number of rotatable bonds is 3. The van der Waals surface area contributed by atoms with Gasteiger partial charge < -0.3 is 20.4 Å². The van der Waals surface area contributed by atoms with Crippen LogP contribution < -0.4 is 10.6 Å². The van der Waals surface area contributed by atoms with E-state index in [0.717, 1.165) is 52.1 Å². The summed E-state index contributed by atoms with van der Waals surface area (Å²) in [6.07, 6.45) is 2.36. The molecule has 0 aliphatic carbocycles. The van der Waals surface area contributed by atoms with Crippen LogP contribution in [0.5, 0.6) is 0 Å². The zero-order valence-corrected chi connectivity index (χ0v) is 15.5. The van der Waals surface area contributed by atoms with E-state index in [-0.39, 0.29) is 11.4 Å². The van der Waals surface area contributed by atoms with E-state index in [4.69, 9.17) is 5.73 Å². The summed E-state index contributed by atoms with van der Waals surface area (Å²) in [4.78, 5) is 19.4. The molecule has 1 spiro atoms. The highest BCUT2D eigenvalue weighted by atomic mass is 16.2. The second-order valence-corrected chi connectivity index (χ2v) is 8.78. The Bertz CT molecular complexity index is 634. The molecular weight excluding hydrogens is 312 g/mol. The van der Waals surface area contributed by atoms with Gasteiger partial charge in [-0.2, -0.15) is 0 Å². The lowest BCUT2D eigenvalue weighted by atomic mass is 9.72. The molecule has 0 unspecified atom stereocenters. The van der Waals surface area contributed by atoms with Crippen molar-refractivity contribution in [2.75, 3.05) is 51.2 Å². The fourth-order valence-electron chi connectivity index (χ4n) is 4.49. The highest BCUT2D eigenvalue weighted by Gasteiger charge is 2.53. The number of nitrogens with two attached hydrogens (primary N) is 1. The highest BCUT2D eigenvalue weighted by molar-refractivity contribution is 5.79. The number of amides is 1. The molecule has 3 fully saturated rings. The Hall–Kier alpha value is -1.59. The van der Waals surface area contributed by atoms with Crippen LogP contribution in [0.3, 0.4) is 0 Å². The number of carbonyl (C=O) groups is 1. The van der Waals surface area contributed by atoms with Crippen molar-refractivity contribution in [3.63, 3.8) is 0 Å². The number of likely N-dealkylation sites (tertiary alicyclic amines) is 2. The second kappa shape index (κ2) is 5.99. The van der Waals surface area contributed by atoms with E-state index in [2.05, 4.69) is 48.0 Å². The third-order valence-electron chi connectivity index (χ3n) is 6.34. The summed E-state index contributed by atoms with van der Waals surface area (Å²) in [6.45, 7) is 8.06. The Labute approximate surface area is 150 Å². The van der Waals surface area contributed by atoms with Gasteiger partial charge in [-0.15, -0.1) is 0 Å². The fraction of sp³-hybridized carbons (Fsp3) is 0.650. The fourth-order valence-corrected chi connectivity index (χ4v) is 4.49. The van der Waals surface area contributed by atoms with Gasteiger partial charge in [-0.3, -0.25) is 4.79 Å². The average molecular weight is 342 g/mol. The van der Waals surface area contributed by atoms with Crippen molar-refractivity contribution in [1.29, 1.82) is 0 Å². The molecule has 5 nitrogen and oxygen atoms in total. The summed E-state index contributed by atoms with van der Waals surface area (Å²) in [5, 5.41) is 0. The first-order valence-electron chi connectivity index (χ1n) is 9.43. The van der Waals surface area contributed by atoms with E-state index in [1.807, 2.05) is 4.90 Å². The highest BCUT2D eigenvalue weighted by Crippen LogP contribution is 2.42. The molecular formula is C20H30N4O. The molecule has 3 aliphatic rings. The van der Waals surface area contributed by atoms with E-state index in [0.29, 0.717) is 11.8 Å². The minimum Gasteiger partial charge on any atom is -0.370 e. The Morgan fingerprint density at radius 1 is 1.08 bits per heavy atom. The smallest absolute Gasteiger partial charge is 0.224 e. The van der Waals surface area contributed by atoms with E-state index >= 15 is 0 Å². The number of anilines is 1. The van der Waals surface area contributed by atoms with Crippen LogP contribution in [0.4, 0.5) is 5.69 Å². The van der Waals surface area contributed by atoms with Gasteiger partial charge in [0.1, 0.15) is 0 Å². The average Bonchev–Trinajstić information content (AvgIpc) is 2.49. The molecule has 3 aliphatic heterocycles. The van der Waals surface area contributed by atoms with Crippen molar-refractivity contribution in [2.45, 2.75) is 31.7 Å². The summed E-state index contributed by atoms with van der Waals surface area (Å²) in [5.74, 6) is 0.256.